The minimum Gasteiger partial charge on any atom is -0.471 e. The van der Waals surface area contributed by atoms with Gasteiger partial charge in [0.25, 0.3) is 12.0 Å². The van der Waals surface area contributed by atoms with Crippen LogP contribution in [0.15, 0.2) is 41.8 Å². The molecule has 10 heteroatoms. The largest absolute Gasteiger partial charge is 0.471 e. The minimum absolute atomic E-state index is 0.0294. The van der Waals surface area contributed by atoms with Crippen molar-refractivity contribution in [3.63, 3.8) is 0 Å². The Balaban J connectivity index is 1.46. The zero-order valence-corrected chi connectivity index (χ0v) is 16.5. The average Bonchev–Trinajstić information content (AvgIpc) is 2.75. The van der Waals surface area contributed by atoms with Crippen LogP contribution in [0, 0.1) is 0 Å². The summed E-state index contributed by atoms with van der Waals surface area (Å²) >= 11 is 0. The highest BCUT2D eigenvalue weighted by Gasteiger charge is 2.19. The van der Waals surface area contributed by atoms with Crippen molar-refractivity contribution in [3.8, 4) is 5.88 Å². The summed E-state index contributed by atoms with van der Waals surface area (Å²) in [5.74, 6) is 0.160. The molecule has 1 aliphatic rings. The molecule has 1 saturated heterocycles. The Hall–Kier alpha value is -3.14. The highest BCUT2D eigenvalue weighted by molar-refractivity contribution is 5.86. The maximum Gasteiger partial charge on any atom is 0.272 e. The van der Waals surface area contributed by atoms with Crippen molar-refractivity contribution in [2.45, 2.75) is 13.0 Å². The van der Waals surface area contributed by atoms with Crippen molar-refractivity contribution in [2.75, 3.05) is 37.7 Å². The van der Waals surface area contributed by atoms with Gasteiger partial charge in [-0.25, -0.2) is 23.7 Å². The predicted octanol–water partition coefficient (Wildman–Crippen LogP) is 1.69. The SMILES string of the molecule is Cn1cncc(CN2CCN(c3ccc4ncnc(OCC(F)F)c4c3)CC2)c1=O. The van der Waals surface area contributed by atoms with Crippen molar-refractivity contribution in [1.82, 2.24) is 24.4 Å². The van der Waals surface area contributed by atoms with E-state index in [0.29, 0.717) is 23.0 Å². The van der Waals surface area contributed by atoms with Crippen LogP contribution in [-0.2, 0) is 13.6 Å². The standard InChI is InChI=1S/C20H22F2N6O2/c1-26-13-23-9-14(20(26)29)10-27-4-6-28(7-5-27)15-2-3-17-16(8-15)19(25-12-24-17)30-11-18(21)22/h2-3,8-9,12-13,18H,4-7,10-11H2,1H3. The van der Waals surface area contributed by atoms with E-state index in [0.717, 1.165) is 31.9 Å². The number of rotatable bonds is 6. The fraction of sp³-hybridized carbons (Fsp3) is 0.400. The van der Waals surface area contributed by atoms with E-state index < -0.39 is 13.0 Å². The summed E-state index contributed by atoms with van der Waals surface area (Å²) in [6, 6.07) is 5.68. The molecule has 0 aliphatic carbocycles. The Morgan fingerprint density at radius 2 is 1.97 bits per heavy atom. The molecule has 3 aromatic rings. The van der Waals surface area contributed by atoms with Crippen LogP contribution in [0.25, 0.3) is 10.9 Å². The first kappa shape index (κ1) is 20.1. The van der Waals surface area contributed by atoms with E-state index in [-0.39, 0.29) is 11.4 Å². The summed E-state index contributed by atoms with van der Waals surface area (Å²) in [5, 5.41) is 0.608. The summed E-state index contributed by atoms with van der Waals surface area (Å²) < 4.78 is 31.7. The number of nitrogens with zero attached hydrogens (tertiary/aromatic N) is 6. The molecular formula is C20H22F2N6O2. The normalized spacial score (nSPS) is 15.1. The molecule has 4 rings (SSSR count). The number of piperazine rings is 1. The maximum atomic E-state index is 12.5. The highest BCUT2D eigenvalue weighted by atomic mass is 19.3. The highest BCUT2D eigenvalue weighted by Crippen LogP contribution is 2.27. The lowest BCUT2D eigenvalue weighted by atomic mass is 10.1. The Kier molecular flexibility index (Phi) is 5.84. The van der Waals surface area contributed by atoms with Crippen molar-refractivity contribution < 1.29 is 13.5 Å². The first-order valence-corrected chi connectivity index (χ1v) is 9.64. The van der Waals surface area contributed by atoms with Gasteiger partial charge < -0.3 is 14.2 Å². The van der Waals surface area contributed by atoms with Gasteiger partial charge in [0.05, 0.1) is 17.2 Å². The van der Waals surface area contributed by atoms with Gasteiger partial charge in [-0.2, -0.15) is 0 Å². The van der Waals surface area contributed by atoms with Crippen LogP contribution in [-0.4, -0.2) is 63.6 Å². The molecule has 3 heterocycles. The van der Waals surface area contributed by atoms with Crippen molar-refractivity contribution in [2.24, 2.45) is 7.05 Å². The number of hydrogen-bond acceptors (Lipinski definition) is 7. The first-order chi connectivity index (χ1) is 14.5. The number of benzene rings is 1. The van der Waals surface area contributed by atoms with E-state index in [1.165, 1.54) is 17.2 Å². The van der Waals surface area contributed by atoms with Gasteiger partial charge in [-0.05, 0) is 18.2 Å². The zero-order chi connectivity index (χ0) is 21.1. The first-order valence-electron chi connectivity index (χ1n) is 9.64. The average molecular weight is 416 g/mol. The van der Waals surface area contributed by atoms with Gasteiger partial charge in [-0.1, -0.05) is 0 Å². The lowest BCUT2D eigenvalue weighted by Crippen LogP contribution is -2.46. The molecule has 0 atom stereocenters. The lowest BCUT2D eigenvalue weighted by Gasteiger charge is -2.36. The minimum atomic E-state index is -2.57. The van der Waals surface area contributed by atoms with E-state index >= 15 is 0 Å². The van der Waals surface area contributed by atoms with Crippen LogP contribution in [0.5, 0.6) is 5.88 Å². The quantitative estimate of drug-likeness (QED) is 0.605. The molecule has 0 spiro atoms. The molecule has 0 unspecified atom stereocenters. The summed E-state index contributed by atoms with van der Waals surface area (Å²) in [6.07, 6.45) is 1.87. The predicted molar refractivity (Wildman–Crippen MR) is 108 cm³/mol. The molecule has 1 aliphatic heterocycles. The number of hydrogen-bond donors (Lipinski definition) is 0. The fourth-order valence-corrected chi connectivity index (χ4v) is 3.55. The molecule has 1 aromatic carbocycles. The van der Waals surface area contributed by atoms with Crippen molar-refractivity contribution >= 4 is 16.6 Å². The van der Waals surface area contributed by atoms with Crippen LogP contribution in [0.2, 0.25) is 0 Å². The summed E-state index contributed by atoms with van der Waals surface area (Å²) in [4.78, 5) is 28.9. The maximum absolute atomic E-state index is 12.5. The van der Waals surface area contributed by atoms with E-state index in [1.54, 1.807) is 13.2 Å². The molecule has 2 aromatic heterocycles. The van der Waals surface area contributed by atoms with Gasteiger partial charge >= 0.3 is 0 Å². The molecule has 0 amide bonds. The molecule has 0 bridgehead atoms. The molecule has 0 N–H and O–H groups in total. The summed E-state index contributed by atoms with van der Waals surface area (Å²) in [5.41, 5.74) is 2.25. The van der Waals surface area contributed by atoms with Gasteiger partial charge in [0.15, 0.2) is 6.61 Å². The van der Waals surface area contributed by atoms with E-state index in [1.807, 2.05) is 18.2 Å². The van der Waals surface area contributed by atoms with E-state index in [9.17, 15) is 13.6 Å². The smallest absolute Gasteiger partial charge is 0.272 e. The molecule has 30 heavy (non-hydrogen) atoms. The van der Waals surface area contributed by atoms with Crippen molar-refractivity contribution in [1.29, 1.82) is 0 Å². The Labute approximate surface area is 171 Å². The Morgan fingerprint density at radius 3 is 2.73 bits per heavy atom. The monoisotopic (exact) mass is 416 g/mol. The zero-order valence-electron chi connectivity index (χ0n) is 16.5. The summed E-state index contributed by atoms with van der Waals surface area (Å²) in [7, 11) is 1.69. The molecule has 0 radical (unpaired) electrons. The van der Waals surface area contributed by atoms with Gasteiger partial charge in [-0.3, -0.25) is 9.69 Å². The van der Waals surface area contributed by atoms with Gasteiger partial charge in [-0.15, -0.1) is 0 Å². The number of ether oxygens (including phenoxy) is 1. The molecule has 158 valence electrons. The number of aryl methyl sites for hydroxylation is 1. The van der Waals surface area contributed by atoms with Gasteiger partial charge in [0.1, 0.15) is 6.33 Å². The lowest BCUT2D eigenvalue weighted by molar-refractivity contribution is 0.0804. The van der Waals surface area contributed by atoms with Gasteiger partial charge in [0, 0.05) is 57.2 Å². The molecule has 0 saturated carbocycles. The number of anilines is 1. The van der Waals surface area contributed by atoms with Crippen molar-refractivity contribution in [3.05, 3.63) is 53.0 Å². The number of fused-ring (bicyclic) bond motifs is 1. The van der Waals surface area contributed by atoms with Crippen LogP contribution in [0.3, 0.4) is 0 Å². The third-order valence-corrected chi connectivity index (χ3v) is 5.13. The third kappa shape index (κ3) is 4.38. The second-order valence-corrected chi connectivity index (χ2v) is 7.18. The van der Waals surface area contributed by atoms with Crippen LogP contribution in [0.1, 0.15) is 5.56 Å². The Bertz CT molecular complexity index is 1080. The number of aromatic nitrogens is 4. The number of alkyl halides is 2. The van der Waals surface area contributed by atoms with Crippen LogP contribution in [0.4, 0.5) is 14.5 Å². The third-order valence-electron chi connectivity index (χ3n) is 5.13. The van der Waals surface area contributed by atoms with Gasteiger partial charge in [0.2, 0.25) is 5.88 Å². The van der Waals surface area contributed by atoms with Crippen LogP contribution >= 0.6 is 0 Å². The summed E-state index contributed by atoms with van der Waals surface area (Å²) in [6.45, 7) is 2.97. The van der Waals surface area contributed by atoms with Crippen LogP contribution < -0.4 is 15.2 Å². The molecule has 8 nitrogen and oxygen atoms in total. The molecule has 1 fully saturated rings. The fourth-order valence-electron chi connectivity index (χ4n) is 3.55. The van der Waals surface area contributed by atoms with E-state index in [4.69, 9.17) is 4.74 Å². The second-order valence-electron chi connectivity index (χ2n) is 7.18. The number of halogens is 2. The van der Waals surface area contributed by atoms with E-state index in [2.05, 4.69) is 24.8 Å². The topological polar surface area (TPSA) is 76.4 Å². The Morgan fingerprint density at radius 1 is 1.17 bits per heavy atom. The second kappa shape index (κ2) is 8.70. The molecular weight excluding hydrogens is 394 g/mol.